The summed E-state index contributed by atoms with van der Waals surface area (Å²) in [6, 6.07) is 4.96. The molecule has 0 amide bonds. The Morgan fingerprint density at radius 3 is 2.32 bits per heavy atom. The van der Waals surface area contributed by atoms with E-state index >= 15 is 0 Å². The first-order valence-electron chi connectivity index (χ1n) is 7.12. The molecule has 0 radical (unpaired) electrons. The number of carbonyl (C=O) groups is 1. The average molecular weight is 323 g/mol. The molecular weight excluding hydrogens is 302 g/mol. The molecule has 0 aromatic heterocycles. The first kappa shape index (κ1) is 17.2. The fraction of sp³-hybridized carbons (Fsp3) is 0.438. The van der Waals surface area contributed by atoms with Crippen molar-refractivity contribution < 1.29 is 19.2 Å². The van der Waals surface area contributed by atoms with Gasteiger partial charge in [0.2, 0.25) is 0 Å². The summed E-state index contributed by atoms with van der Waals surface area (Å²) in [6.07, 6.45) is 2.44. The highest BCUT2D eigenvalue weighted by molar-refractivity contribution is 6.55. The molecule has 0 atom stereocenters. The molecule has 1 saturated heterocycles. The zero-order valence-corrected chi connectivity index (χ0v) is 14.0. The van der Waals surface area contributed by atoms with Crippen LogP contribution >= 0.6 is 11.6 Å². The van der Waals surface area contributed by atoms with Gasteiger partial charge in [-0.1, -0.05) is 17.7 Å². The maximum absolute atomic E-state index is 11.1. The monoisotopic (exact) mass is 322 g/mol. The summed E-state index contributed by atoms with van der Waals surface area (Å²) >= 11 is 5.98. The number of benzene rings is 1. The Kier molecular flexibility index (Phi) is 4.83. The molecule has 0 bridgehead atoms. The van der Waals surface area contributed by atoms with E-state index in [1.54, 1.807) is 24.3 Å². The van der Waals surface area contributed by atoms with E-state index in [2.05, 4.69) is 0 Å². The number of aliphatic hydroxyl groups is 1. The van der Waals surface area contributed by atoms with Crippen LogP contribution in [0.3, 0.4) is 0 Å². The maximum Gasteiger partial charge on any atom is 0.492 e. The number of halogens is 1. The summed E-state index contributed by atoms with van der Waals surface area (Å²) in [5, 5.41) is 10.2. The number of rotatable bonds is 4. The van der Waals surface area contributed by atoms with E-state index in [-0.39, 0.29) is 6.61 Å². The van der Waals surface area contributed by atoms with Gasteiger partial charge in [-0.05, 0) is 56.9 Å². The van der Waals surface area contributed by atoms with E-state index in [4.69, 9.17) is 20.9 Å². The molecule has 0 aliphatic carbocycles. The van der Waals surface area contributed by atoms with Gasteiger partial charge in [-0.25, -0.2) is 0 Å². The molecule has 1 aliphatic rings. The highest BCUT2D eigenvalue weighted by Gasteiger charge is 2.52. The minimum Gasteiger partial charge on any atom is -0.400 e. The Bertz CT molecular complexity index is 594. The smallest absolute Gasteiger partial charge is 0.400 e. The van der Waals surface area contributed by atoms with Gasteiger partial charge in [0.1, 0.15) is 0 Å². The highest BCUT2D eigenvalue weighted by Crippen LogP contribution is 2.38. The van der Waals surface area contributed by atoms with Crippen molar-refractivity contribution in [1.29, 1.82) is 0 Å². The second-order valence-electron chi connectivity index (χ2n) is 6.36. The van der Waals surface area contributed by atoms with Crippen molar-refractivity contribution in [2.45, 2.75) is 38.9 Å². The fourth-order valence-electron chi connectivity index (χ4n) is 2.16. The molecule has 1 aliphatic heterocycles. The van der Waals surface area contributed by atoms with E-state index < -0.39 is 18.3 Å². The lowest BCUT2D eigenvalue weighted by Gasteiger charge is -2.32. The summed E-state index contributed by atoms with van der Waals surface area (Å²) in [7, 11) is -0.659. The summed E-state index contributed by atoms with van der Waals surface area (Å²) in [5.74, 6) is 0. The molecule has 1 N–H and O–H groups in total. The van der Waals surface area contributed by atoms with E-state index in [9.17, 15) is 9.90 Å². The Balaban J connectivity index is 2.38. The Labute approximate surface area is 136 Å². The van der Waals surface area contributed by atoms with Gasteiger partial charge in [0.05, 0.1) is 17.8 Å². The summed E-state index contributed by atoms with van der Waals surface area (Å²) in [6.45, 7) is 7.54. The molecule has 22 heavy (non-hydrogen) atoms. The Morgan fingerprint density at radius 1 is 1.23 bits per heavy atom. The highest BCUT2D eigenvalue weighted by atomic mass is 35.5. The minimum atomic E-state index is -0.659. The molecule has 1 aromatic carbocycles. The quantitative estimate of drug-likeness (QED) is 0.683. The molecule has 1 aromatic rings. The van der Waals surface area contributed by atoms with Crippen molar-refractivity contribution in [2.24, 2.45) is 0 Å². The van der Waals surface area contributed by atoms with Crippen LogP contribution in [-0.2, 0) is 9.31 Å². The molecule has 0 unspecified atom stereocenters. The van der Waals surface area contributed by atoms with Gasteiger partial charge >= 0.3 is 7.12 Å². The summed E-state index contributed by atoms with van der Waals surface area (Å²) in [5.41, 5.74) is 0.679. The van der Waals surface area contributed by atoms with Crippen LogP contribution in [0.25, 0.3) is 6.08 Å². The van der Waals surface area contributed by atoms with Crippen LogP contribution in [-0.4, -0.2) is 36.3 Å². The molecule has 0 saturated carbocycles. The molecule has 4 nitrogen and oxygen atoms in total. The van der Waals surface area contributed by atoms with Gasteiger partial charge < -0.3 is 14.4 Å². The first-order chi connectivity index (χ1) is 10.2. The van der Waals surface area contributed by atoms with Crippen LogP contribution in [0.2, 0.25) is 5.02 Å². The van der Waals surface area contributed by atoms with Gasteiger partial charge in [-0.3, -0.25) is 4.79 Å². The van der Waals surface area contributed by atoms with Gasteiger partial charge in [0.25, 0.3) is 0 Å². The molecule has 2 rings (SSSR count). The van der Waals surface area contributed by atoms with Crippen LogP contribution in [0.4, 0.5) is 0 Å². The SMILES string of the molecule is CC1(C)OB(C(=Cc2cc(Cl)ccc2C=O)CO)OC1(C)C. The van der Waals surface area contributed by atoms with Crippen molar-refractivity contribution in [1.82, 2.24) is 0 Å². The average Bonchev–Trinajstić information content (AvgIpc) is 2.64. The van der Waals surface area contributed by atoms with Crippen LogP contribution in [0.5, 0.6) is 0 Å². The number of aldehydes is 1. The number of carbonyl (C=O) groups excluding carboxylic acids is 1. The van der Waals surface area contributed by atoms with Crippen molar-refractivity contribution >= 4 is 31.1 Å². The predicted molar refractivity (Wildman–Crippen MR) is 88.0 cm³/mol. The van der Waals surface area contributed by atoms with Crippen molar-refractivity contribution in [3.8, 4) is 0 Å². The van der Waals surface area contributed by atoms with Crippen LogP contribution in [0.1, 0.15) is 43.6 Å². The molecule has 1 heterocycles. The lowest BCUT2D eigenvalue weighted by atomic mass is 9.77. The normalized spacial score (nSPS) is 20.3. The summed E-state index contributed by atoms with van der Waals surface area (Å²) in [4.78, 5) is 11.1. The third-order valence-electron chi connectivity index (χ3n) is 4.26. The van der Waals surface area contributed by atoms with Gasteiger partial charge in [0, 0.05) is 10.6 Å². The third kappa shape index (κ3) is 3.28. The van der Waals surface area contributed by atoms with Crippen molar-refractivity contribution in [3.05, 3.63) is 39.8 Å². The second-order valence-corrected chi connectivity index (χ2v) is 6.79. The van der Waals surface area contributed by atoms with Gasteiger partial charge in [0.15, 0.2) is 6.29 Å². The topological polar surface area (TPSA) is 55.8 Å². The Morgan fingerprint density at radius 2 is 1.82 bits per heavy atom. The van der Waals surface area contributed by atoms with Crippen LogP contribution in [0.15, 0.2) is 23.7 Å². The number of hydrogen-bond donors (Lipinski definition) is 1. The van der Waals surface area contributed by atoms with E-state index in [1.807, 2.05) is 27.7 Å². The zero-order chi connectivity index (χ0) is 16.5. The fourth-order valence-corrected chi connectivity index (χ4v) is 2.34. The lowest BCUT2D eigenvalue weighted by Crippen LogP contribution is -2.41. The first-order valence-corrected chi connectivity index (χ1v) is 7.49. The van der Waals surface area contributed by atoms with Crippen molar-refractivity contribution in [3.63, 3.8) is 0 Å². The molecular formula is C16H20BClO4. The van der Waals surface area contributed by atoms with Gasteiger partial charge in [-0.15, -0.1) is 0 Å². The van der Waals surface area contributed by atoms with Gasteiger partial charge in [-0.2, -0.15) is 0 Å². The van der Waals surface area contributed by atoms with Crippen molar-refractivity contribution in [2.75, 3.05) is 6.61 Å². The van der Waals surface area contributed by atoms with E-state index in [0.717, 1.165) is 6.29 Å². The maximum atomic E-state index is 11.1. The van der Waals surface area contributed by atoms with E-state index in [1.165, 1.54) is 0 Å². The van der Waals surface area contributed by atoms with Crippen LogP contribution in [0, 0.1) is 0 Å². The molecule has 1 fully saturated rings. The lowest BCUT2D eigenvalue weighted by molar-refractivity contribution is 0.00578. The van der Waals surface area contributed by atoms with E-state index in [0.29, 0.717) is 21.6 Å². The molecule has 0 spiro atoms. The number of hydrogen-bond acceptors (Lipinski definition) is 4. The standard InChI is InChI=1S/C16H20BClO4/c1-15(2)16(3,4)22-17(21-15)13(10-20)7-12-8-14(18)6-5-11(12)9-19/h5-9,20H,10H2,1-4H3. The predicted octanol–water partition coefficient (Wildman–Crippen LogP) is 3.16. The molecule has 118 valence electrons. The third-order valence-corrected chi connectivity index (χ3v) is 4.49. The largest absolute Gasteiger partial charge is 0.492 e. The summed E-state index contributed by atoms with van der Waals surface area (Å²) < 4.78 is 11.8. The second kappa shape index (κ2) is 6.16. The zero-order valence-electron chi connectivity index (χ0n) is 13.2. The van der Waals surface area contributed by atoms with Crippen LogP contribution < -0.4 is 0 Å². The number of aliphatic hydroxyl groups excluding tert-OH is 1. The Hall–Kier alpha value is -1.14. The minimum absolute atomic E-state index is 0.234. The molecule has 6 heteroatoms.